The van der Waals surface area contributed by atoms with Crippen molar-refractivity contribution in [1.29, 1.82) is 0 Å². The Morgan fingerprint density at radius 1 is 1.41 bits per heavy atom. The zero-order valence-electron chi connectivity index (χ0n) is 9.15. The van der Waals surface area contributed by atoms with Crippen LogP contribution in [0.3, 0.4) is 0 Å². The Bertz CT molecular complexity index is 610. The van der Waals surface area contributed by atoms with Crippen molar-refractivity contribution in [2.24, 2.45) is 0 Å². The van der Waals surface area contributed by atoms with E-state index in [1.54, 1.807) is 4.57 Å². The maximum absolute atomic E-state index is 11.9. The Morgan fingerprint density at radius 3 is 2.82 bits per heavy atom. The average molecular weight is 361 g/mol. The maximum atomic E-state index is 11.9. The van der Waals surface area contributed by atoms with Crippen molar-refractivity contribution in [3.05, 3.63) is 60.8 Å². The van der Waals surface area contributed by atoms with Gasteiger partial charge in [0.15, 0.2) is 0 Å². The van der Waals surface area contributed by atoms with Crippen LogP contribution in [0, 0.1) is 10.5 Å². The molecule has 17 heavy (non-hydrogen) atoms. The van der Waals surface area contributed by atoms with E-state index < -0.39 is 0 Å². The van der Waals surface area contributed by atoms with Crippen LogP contribution in [0.4, 0.5) is 0 Å². The summed E-state index contributed by atoms with van der Waals surface area (Å²) in [5.41, 5.74) is 2.16. The van der Waals surface area contributed by atoms with Gasteiger partial charge >= 0.3 is 0 Å². The van der Waals surface area contributed by atoms with Crippen molar-refractivity contribution in [3.63, 3.8) is 0 Å². The molecule has 0 aliphatic rings. The normalized spacial score (nSPS) is 10.5. The number of rotatable bonds is 2. The van der Waals surface area contributed by atoms with Crippen molar-refractivity contribution >= 4 is 34.2 Å². The number of hydrogen-bond acceptors (Lipinski definition) is 2. The fraction of sp³-hybridized carbons (Fsp3) is 0.167. The molecule has 0 fully saturated rings. The number of aryl methyl sites for hydroxylation is 1. The number of aromatic nitrogens is 2. The molecule has 3 nitrogen and oxygen atoms in total. The summed E-state index contributed by atoms with van der Waals surface area (Å²) in [4.78, 5) is 15.9. The van der Waals surface area contributed by atoms with Gasteiger partial charge < -0.3 is 0 Å². The van der Waals surface area contributed by atoms with Crippen molar-refractivity contribution in [2.75, 3.05) is 0 Å². The second kappa shape index (κ2) is 5.18. The fourth-order valence-corrected chi connectivity index (χ4v) is 2.10. The Balaban J connectivity index is 2.41. The largest absolute Gasteiger partial charge is 0.294 e. The van der Waals surface area contributed by atoms with Gasteiger partial charge in [0.25, 0.3) is 5.56 Å². The van der Waals surface area contributed by atoms with Gasteiger partial charge in [0, 0.05) is 0 Å². The number of benzene rings is 1. The van der Waals surface area contributed by atoms with E-state index in [0.29, 0.717) is 10.1 Å². The molecular weight excluding hydrogens is 351 g/mol. The van der Waals surface area contributed by atoms with Gasteiger partial charge in [-0.1, -0.05) is 35.9 Å². The number of hydrogen-bond donors (Lipinski definition) is 0. The summed E-state index contributed by atoms with van der Waals surface area (Å²) in [5.74, 6) is 0. The minimum absolute atomic E-state index is 0.103. The van der Waals surface area contributed by atoms with E-state index in [9.17, 15) is 4.79 Å². The molecule has 88 valence electrons. The standard InChI is InChI=1S/C12H10ClIN2O/c1-8-4-2-3-5-9(8)6-16-7-15-11(13)10(14)12(16)17/h2-5,7H,6H2,1H3. The van der Waals surface area contributed by atoms with E-state index >= 15 is 0 Å². The molecule has 0 saturated carbocycles. The molecule has 2 aromatic rings. The van der Waals surface area contributed by atoms with Gasteiger partial charge in [-0.2, -0.15) is 0 Å². The van der Waals surface area contributed by atoms with Crippen molar-refractivity contribution in [3.8, 4) is 0 Å². The van der Waals surface area contributed by atoms with Gasteiger partial charge in [0.05, 0.1) is 12.9 Å². The van der Waals surface area contributed by atoms with E-state index in [2.05, 4.69) is 4.98 Å². The van der Waals surface area contributed by atoms with Crippen molar-refractivity contribution in [2.45, 2.75) is 13.5 Å². The molecule has 0 N–H and O–H groups in total. The summed E-state index contributed by atoms with van der Waals surface area (Å²) < 4.78 is 2.02. The molecule has 0 bridgehead atoms. The van der Waals surface area contributed by atoms with Gasteiger partial charge in [0.2, 0.25) is 0 Å². The monoisotopic (exact) mass is 360 g/mol. The molecule has 0 amide bonds. The first-order valence-corrected chi connectivity index (χ1v) is 6.50. The SMILES string of the molecule is Cc1ccccc1Cn1cnc(Cl)c(I)c1=O. The smallest absolute Gasteiger partial charge is 0.268 e. The maximum Gasteiger partial charge on any atom is 0.268 e. The number of halogens is 2. The summed E-state index contributed by atoms with van der Waals surface area (Å²) in [7, 11) is 0. The third kappa shape index (κ3) is 2.69. The summed E-state index contributed by atoms with van der Waals surface area (Å²) >= 11 is 7.71. The molecular formula is C12H10ClIN2O. The molecule has 0 atom stereocenters. The van der Waals surface area contributed by atoms with Crippen LogP contribution in [0.1, 0.15) is 11.1 Å². The van der Waals surface area contributed by atoms with Crippen LogP contribution < -0.4 is 5.56 Å². The molecule has 0 spiro atoms. The lowest BCUT2D eigenvalue weighted by Gasteiger charge is -2.08. The molecule has 0 aliphatic carbocycles. The van der Waals surface area contributed by atoms with Crippen LogP contribution >= 0.6 is 34.2 Å². The molecule has 5 heteroatoms. The Morgan fingerprint density at radius 2 is 2.12 bits per heavy atom. The highest BCUT2D eigenvalue weighted by molar-refractivity contribution is 14.1. The van der Waals surface area contributed by atoms with Crippen LogP contribution in [-0.4, -0.2) is 9.55 Å². The minimum atomic E-state index is -0.103. The second-order valence-corrected chi connectivity index (χ2v) is 5.15. The zero-order chi connectivity index (χ0) is 12.4. The topological polar surface area (TPSA) is 34.9 Å². The molecule has 0 saturated heterocycles. The molecule has 1 aromatic heterocycles. The second-order valence-electron chi connectivity index (χ2n) is 3.71. The van der Waals surface area contributed by atoms with Crippen molar-refractivity contribution in [1.82, 2.24) is 9.55 Å². The van der Waals surface area contributed by atoms with Crippen LogP contribution in [0.2, 0.25) is 5.15 Å². The lowest BCUT2D eigenvalue weighted by atomic mass is 10.1. The van der Waals surface area contributed by atoms with E-state index in [1.807, 2.05) is 53.8 Å². The molecule has 2 rings (SSSR count). The van der Waals surface area contributed by atoms with Gasteiger partial charge in [-0.25, -0.2) is 4.98 Å². The van der Waals surface area contributed by atoms with Crippen LogP contribution in [0.15, 0.2) is 35.4 Å². The predicted molar refractivity (Wildman–Crippen MR) is 76.5 cm³/mol. The predicted octanol–water partition coefficient (Wildman–Crippen LogP) is 2.86. The summed E-state index contributed by atoms with van der Waals surface area (Å²) in [6.45, 7) is 2.54. The third-order valence-electron chi connectivity index (χ3n) is 2.54. The summed E-state index contributed by atoms with van der Waals surface area (Å²) in [6.07, 6.45) is 1.49. The van der Waals surface area contributed by atoms with E-state index in [-0.39, 0.29) is 10.7 Å². The highest BCUT2D eigenvalue weighted by atomic mass is 127. The molecule has 1 heterocycles. The first kappa shape index (κ1) is 12.6. The Kier molecular flexibility index (Phi) is 3.83. The molecule has 0 aliphatic heterocycles. The fourth-order valence-electron chi connectivity index (χ4n) is 1.53. The molecule has 0 unspecified atom stereocenters. The lowest BCUT2D eigenvalue weighted by Crippen LogP contribution is -2.24. The lowest BCUT2D eigenvalue weighted by molar-refractivity contribution is 0.727. The highest BCUT2D eigenvalue weighted by Crippen LogP contribution is 2.11. The van der Waals surface area contributed by atoms with Crippen LogP contribution in [-0.2, 0) is 6.54 Å². The van der Waals surface area contributed by atoms with Gasteiger partial charge in [-0.3, -0.25) is 9.36 Å². The van der Waals surface area contributed by atoms with Crippen LogP contribution in [0.25, 0.3) is 0 Å². The average Bonchev–Trinajstić information content (AvgIpc) is 2.32. The van der Waals surface area contributed by atoms with E-state index in [0.717, 1.165) is 11.1 Å². The number of nitrogens with zero attached hydrogens (tertiary/aromatic N) is 2. The van der Waals surface area contributed by atoms with Gasteiger partial charge in [0.1, 0.15) is 8.72 Å². The quantitative estimate of drug-likeness (QED) is 0.610. The first-order valence-electron chi connectivity index (χ1n) is 5.04. The van der Waals surface area contributed by atoms with E-state index in [4.69, 9.17) is 11.6 Å². The van der Waals surface area contributed by atoms with Gasteiger partial charge in [-0.15, -0.1) is 0 Å². The van der Waals surface area contributed by atoms with Crippen molar-refractivity contribution < 1.29 is 0 Å². The molecule has 1 aromatic carbocycles. The first-order chi connectivity index (χ1) is 8.09. The summed E-state index contributed by atoms with van der Waals surface area (Å²) in [6, 6.07) is 7.96. The van der Waals surface area contributed by atoms with Crippen LogP contribution in [0.5, 0.6) is 0 Å². The molecule has 0 radical (unpaired) electrons. The van der Waals surface area contributed by atoms with E-state index in [1.165, 1.54) is 6.33 Å². The Hall–Kier alpha value is -0.880. The summed E-state index contributed by atoms with van der Waals surface area (Å²) in [5, 5.41) is 0.261. The van der Waals surface area contributed by atoms with Gasteiger partial charge in [-0.05, 0) is 40.6 Å². The minimum Gasteiger partial charge on any atom is -0.294 e. The highest BCUT2D eigenvalue weighted by Gasteiger charge is 2.07. The Labute approximate surface area is 118 Å². The third-order valence-corrected chi connectivity index (χ3v) is 4.12. The zero-order valence-corrected chi connectivity index (χ0v) is 12.1.